The Hall–Kier alpha value is -3.22. The molecule has 0 bridgehead atoms. The fourth-order valence-electron chi connectivity index (χ4n) is 3.62. The van der Waals surface area contributed by atoms with Crippen LogP contribution in [0, 0.1) is 0 Å². The maximum atomic E-state index is 5.46. The highest BCUT2D eigenvalue weighted by atomic mass is 16.5. The molecule has 0 radical (unpaired) electrons. The first-order valence-corrected chi connectivity index (χ1v) is 9.91. The summed E-state index contributed by atoms with van der Waals surface area (Å²) in [6.07, 6.45) is 3.79. The minimum atomic E-state index is 0.455. The van der Waals surface area contributed by atoms with Crippen LogP contribution in [0.2, 0.25) is 0 Å². The van der Waals surface area contributed by atoms with Gasteiger partial charge in [-0.05, 0) is 43.5 Å². The fraction of sp³-hybridized carbons (Fsp3) is 0.364. The minimum Gasteiger partial charge on any atom is -0.497 e. The van der Waals surface area contributed by atoms with Crippen LogP contribution in [0.15, 0.2) is 47.0 Å². The maximum Gasteiger partial charge on any atom is 0.246 e. The number of anilines is 2. The first kappa shape index (κ1) is 19.1. The highest BCUT2D eigenvalue weighted by Crippen LogP contribution is 2.32. The number of hydrogen-bond acceptors (Lipinski definition) is 7. The summed E-state index contributed by atoms with van der Waals surface area (Å²) in [5.74, 6) is 2.36. The van der Waals surface area contributed by atoms with Gasteiger partial charge in [-0.15, -0.1) is 0 Å². The topological polar surface area (TPSA) is 72.7 Å². The van der Waals surface area contributed by atoms with Gasteiger partial charge >= 0.3 is 0 Å². The van der Waals surface area contributed by atoms with E-state index in [-0.39, 0.29) is 0 Å². The van der Waals surface area contributed by atoms with Gasteiger partial charge in [0.25, 0.3) is 0 Å². The number of nitrogens with one attached hydrogen (secondary N) is 1. The van der Waals surface area contributed by atoms with Gasteiger partial charge in [0.05, 0.1) is 37.7 Å². The molecular weight excluding hydrogens is 368 g/mol. The van der Waals surface area contributed by atoms with Gasteiger partial charge in [-0.3, -0.25) is 0 Å². The summed E-state index contributed by atoms with van der Waals surface area (Å²) >= 11 is 0. The second-order valence-corrected chi connectivity index (χ2v) is 7.00. The average Bonchev–Trinajstić information content (AvgIpc) is 3.27. The molecule has 0 unspecified atom stereocenters. The van der Waals surface area contributed by atoms with Gasteiger partial charge in [0, 0.05) is 19.2 Å². The summed E-state index contributed by atoms with van der Waals surface area (Å²) in [4.78, 5) is 6.96. The van der Waals surface area contributed by atoms with Crippen molar-refractivity contribution in [3.63, 3.8) is 0 Å². The lowest BCUT2D eigenvalue weighted by atomic mass is 10.1. The number of rotatable bonds is 7. The zero-order chi connectivity index (χ0) is 20.1. The van der Waals surface area contributed by atoms with Crippen LogP contribution >= 0.6 is 0 Å². The van der Waals surface area contributed by atoms with E-state index in [0.29, 0.717) is 29.8 Å². The quantitative estimate of drug-likeness (QED) is 0.638. The third-order valence-corrected chi connectivity index (χ3v) is 5.15. The predicted molar refractivity (Wildman–Crippen MR) is 113 cm³/mol. The molecule has 2 aromatic carbocycles. The van der Waals surface area contributed by atoms with E-state index in [1.54, 1.807) is 20.3 Å². The molecule has 0 amide bonds. The van der Waals surface area contributed by atoms with Gasteiger partial charge in [-0.25, -0.2) is 0 Å². The van der Waals surface area contributed by atoms with E-state index in [1.807, 2.05) is 18.2 Å². The molecule has 2 heterocycles. The molecule has 1 saturated heterocycles. The highest BCUT2D eigenvalue weighted by molar-refractivity contribution is 5.70. The molecule has 3 aromatic rings. The van der Waals surface area contributed by atoms with Crippen molar-refractivity contribution in [1.82, 2.24) is 10.1 Å². The lowest BCUT2D eigenvalue weighted by molar-refractivity contribution is 0.382. The SMILES string of the molecule is COc1ccc(-c2noc(CNc3ccccc3N3CCCCC3)n2)c(OC)c1. The zero-order valence-electron chi connectivity index (χ0n) is 16.9. The monoisotopic (exact) mass is 394 g/mol. The third kappa shape index (κ3) is 4.29. The molecule has 152 valence electrons. The molecule has 7 nitrogen and oxygen atoms in total. The Morgan fingerprint density at radius 2 is 1.86 bits per heavy atom. The van der Waals surface area contributed by atoms with Crippen molar-refractivity contribution in [3.05, 3.63) is 48.4 Å². The second-order valence-electron chi connectivity index (χ2n) is 7.00. The smallest absolute Gasteiger partial charge is 0.246 e. The van der Waals surface area contributed by atoms with Crippen LogP contribution in [0.3, 0.4) is 0 Å². The van der Waals surface area contributed by atoms with Crippen molar-refractivity contribution in [3.8, 4) is 22.9 Å². The summed E-state index contributed by atoms with van der Waals surface area (Å²) < 4.78 is 16.1. The normalized spacial score (nSPS) is 13.9. The summed E-state index contributed by atoms with van der Waals surface area (Å²) in [7, 11) is 3.23. The second kappa shape index (κ2) is 8.86. The van der Waals surface area contributed by atoms with Crippen molar-refractivity contribution in [2.75, 3.05) is 37.5 Å². The zero-order valence-corrected chi connectivity index (χ0v) is 16.9. The largest absolute Gasteiger partial charge is 0.497 e. The maximum absolute atomic E-state index is 5.46. The van der Waals surface area contributed by atoms with E-state index in [0.717, 1.165) is 24.3 Å². The molecule has 1 N–H and O–H groups in total. The average molecular weight is 394 g/mol. The molecule has 4 rings (SSSR count). The van der Waals surface area contributed by atoms with Crippen LogP contribution in [0.4, 0.5) is 11.4 Å². The van der Waals surface area contributed by atoms with Gasteiger partial charge in [0.15, 0.2) is 0 Å². The number of para-hydroxylation sites is 2. The van der Waals surface area contributed by atoms with Gasteiger partial charge < -0.3 is 24.2 Å². The summed E-state index contributed by atoms with van der Waals surface area (Å²) in [5.41, 5.74) is 3.07. The van der Waals surface area contributed by atoms with Crippen molar-refractivity contribution < 1.29 is 14.0 Å². The summed E-state index contributed by atoms with van der Waals surface area (Å²) in [6.45, 7) is 2.65. The van der Waals surface area contributed by atoms with E-state index in [1.165, 1.54) is 24.9 Å². The number of hydrogen-bond donors (Lipinski definition) is 1. The molecule has 29 heavy (non-hydrogen) atoms. The van der Waals surface area contributed by atoms with Crippen LogP contribution < -0.4 is 19.7 Å². The Balaban J connectivity index is 1.48. The lowest BCUT2D eigenvalue weighted by Crippen LogP contribution is -2.30. The molecule has 1 fully saturated rings. The number of benzene rings is 2. The standard InChI is InChI=1S/C22H26N4O3/c1-27-16-10-11-17(20(14-16)28-2)22-24-21(29-25-22)15-23-18-8-4-5-9-19(18)26-12-6-3-7-13-26/h4-5,8-11,14,23H,3,6-7,12-13,15H2,1-2H3. The van der Waals surface area contributed by atoms with E-state index in [2.05, 4.69) is 38.6 Å². The van der Waals surface area contributed by atoms with Crippen LogP contribution in [0.1, 0.15) is 25.2 Å². The molecule has 0 spiro atoms. The molecule has 0 saturated carbocycles. The number of methoxy groups -OCH3 is 2. The highest BCUT2D eigenvalue weighted by Gasteiger charge is 2.16. The van der Waals surface area contributed by atoms with Crippen molar-refractivity contribution >= 4 is 11.4 Å². The molecule has 1 aliphatic heterocycles. The summed E-state index contributed by atoms with van der Waals surface area (Å²) in [6, 6.07) is 13.9. The van der Waals surface area contributed by atoms with Crippen LogP contribution in [-0.4, -0.2) is 37.4 Å². The Morgan fingerprint density at radius 3 is 2.66 bits per heavy atom. The van der Waals surface area contributed by atoms with Crippen LogP contribution in [0.25, 0.3) is 11.4 Å². The fourth-order valence-corrected chi connectivity index (χ4v) is 3.62. The predicted octanol–water partition coefficient (Wildman–Crippen LogP) is 4.36. The van der Waals surface area contributed by atoms with E-state index < -0.39 is 0 Å². The van der Waals surface area contributed by atoms with E-state index in [4.69, 9.17) is 14.0 Å². The van der Waals surface area contributed by atoms with Gasteiger partial charge in [-0.1, -0.05) is 17.3 Å². The Kier molecular flexibility index (Phi) is 5.84. The number of nitrogens with zero attached hydrogens (tertiary/aromatic N) is 3. The van der Waals surface area contributed by atoms with E-state index >= 15 is 0 Å². The lowest BCUT2D eigenvalue weighted by Gasteiger charge is -2.30. The minimum absolute atomic E-state index is 0.455. The third-order valence-electron chi connectivity index (χ3n) is 5.15. The number of aromatic nitrogens is 2. The van der Waals surface area contributed by atoms with Gasteiger partial charge in [0.1, 0.15) is 11.5 Å². The number of ether oxygens (including phenoxy) is 2. The van der Waals surface area contributed by atoms with Crippen molar-refractivity contribution in [1.29, 1.82) is 0 Å². The first-order valence-electron chi connectivity index (χ1n) is 9.91. The van der Waals surface area contributed by atoms with Gasteiger partial charge in [-0.2, -0.15) is 4.98 Å². The Morgan fingerprint density at radius 1 is 1.03 bits per heavy atom. The molecule has 0 atom stereocenters. The molecule has 7 heteroatoms. The Bertz CT molecular complexity index is 951. The first-order chi connectivity index (χ1) is 14.3. The molecule has 1 aromatic heterocycles. The Labute approximate surface area is 170 Å². The molecular formula is C22H26N4O3. The van der Waals surface area contributed by atoms with E-state index in [9.17, 15) is 0 Å². The summed E-state index contributed by atoms with van der Waals surface area (Å²) in [5, 5.41) is 7.57. The van der Waals surface area contributed by atoms with Crippen molar-refractivity contribution in [2.24, 2.45) is 0 Å². The van der Waals surface area contributed by atoms with Crippen LogP contribution in [-0.2, 0) is 6.54 Å². The molecule has 0 aliphatic carbocycles. The number of piperidine rings is 1. The molecule has 1 aliphatic rings. The van der Waals surface area contributed by atoms with Crippen molar-refractivity contribution in [2.45, 2.75) is 25.8 Å². The van der Waals surface area contributed by atoms with Crippen LogP contribution in [0.5, 0.6) is 11.5 Å². The van der Waals surface area contributed by atoms with Gasteiger partial charge in [0.2, 0.25) is 11.7 Å².